The fraction of sp³-hybridized carbons (Fsp3) is 0.700. The van der Waals surface area contributed by atoms with E-state index < -0.39 is 0 Å². The summed E-state index contributed by atoms with van der Waals surface area (Å²) in [4.78, 5) is 0. The van der Waals surface area contributed by atoms with Crippen molar-refractivity contribution in [3.63, 3.8) is 0 Å². The first kappa shape index (κ1) is 10.3. The van der Waals surface area contributed by atoms with Gasteiger partial charge in [-0.3, -0.25) is 4.68 Å². The quantitative estimate of drug-likeness (QED) is 0.763. The molecule has 0 saturated carbocycles. The van der Waals surface area contributed by atoms with Gasteiger partial charge in [-0.25, -0.2) is 0 Å². The molecule has 0 aliphatic heterocycles. The van der Waals surface area contributed by atoms with E-state index >= 15 is 0 Å². The van der Waals surface area contributed by atoms with Crippen LogP contribution in [-0.2, 0) is 7.05 Å². The second-order valence-electron chi connectivity index (χ2n) is 3.77. The Hall–Kier alpha value is -0.830. The molecule has 13 heavy (non-hydrogen) atoms. The molecule has 2 atom stereocenters. The molecule has 0 fully saturated rings. The van der Waals surface area contributed by atoms with Gasteiger partial charge in [0, 0.05) is 19.3 Å². The normalized spacial score (nSPS) is 15.7. The van der Waals surface area contributed by atoms with Gasteiger partial charge in [0.05, 0.1) is 6.20 Å². The van der Waals surface area contributed by atoms with Crippen LogP contribution in [0.25, 0.3) is 0 Å². The summed E-state index contributed by atoms with van der Waals surface area (Å²) in [7, 11) is 3.96. The standard InChI is InChI=1S/C10H19N3/c1-8(5-9(2)11-3)10-6-12-13(4)7-10/h6-9,11H,5H2,1-4H3. The summed E-state index contributed by atoms with van der Waals surface area (Å²) in [6, 6.07) is 0.565. The van der Waals surface area contributed by atoms with Gasteiger partial charge in [-0.15, -0.1) is 0 Å². The first-order valence-electron chi connectivity index (χ1n) is 4.79. The van der Waals surface area contributed by atoms with Crippen LogP contribution in [0.15, 0.2) is 12.4 Å². The monoisotopic (exact) mass is 181 g/mol. The molecule has 3 nitrogen and oxygen atoms in total. The number of hydrogen-bond donors (Lipinski definition) is 1. The Morgan fingerprint density at radius 2 is 2.23 bits per heavy atom. The second-order valence-corrected chi connectivity index (χ2v) is 3.77. The molecule has 2 unspecified atom stereocenters. The van der Waals surface area contributed by atoms with Gasteiger partial charge in [-0.1, -0.05) is 6.92 Å². The molecule has 0 amide bonds. The third-order valence-corrected chi connectivity index (χ3v) is 2.49. The van der Waals surface area contributed by atoms with Crippen molar-refractivity contribution < 1.29 is 0 Å². The molecule has 1 aromatic rings. The van der Waals surface area contributed by atoms with Crippen molar-refractivity contribution in [1.29, 1.82) is 0 Å². The van der Waals surface area contributed by atoms with E-state index in [0.29, 0.717) is 12.0 Å². The number of aromatic nitrogens is 2. The van der Waals surface area contributed by atoms with Gasteiger partial charge in [0.25, 0.3) is 0 Å². The number of nitrogens with one attached hydrogen (secondary N) is 1. The molecule has 0 aliphatic rings. The van der Waals surface area contributed by atoms with E-state index in [1.165, 1.54) is 5.56 Å². The number of hydrogen-bond acceptors (Lipinski definition) is 2. The minimum atomic E-state index is 0.565. The average Bonchev–Trinajstić information content (AvgIpc) is 2.51. The van der Waals surface area contributed by atoms with Crippen LogP contribution in [0.4, 0.5) is 0 Å². The topological polar surface area (TPSA) is 29.9 Å². The Morgan fingerprint density at radius 3 is 2.69 bits per heavy atom. The van der Waals surface area contributed by atoms with Gasteiger partial charge < -0.3 is 5.32 Å². The summed E-state index contributed by atoms with van der Waals surface area (Å²) < 4.78 is 1.86. The minimum Gasteiger partial charge on any atom is -0.317 e. The van der Waals surface area contributed by atoms with Crippen molar-refractivity contribution in [3.05, 3.63) is 18.0 Å². The molecular weight excluding hydrogens is 162 g/mol. The van der Waals surface area contributed by atoms with E-state index in [9.17, 15) is 0 Å². The van der Waals surface area contributed by atoms with Crippen LogP contribution in [-0.4, -0.2) is 22.9 Å². The Morgan fingerprint density at radius 1 is 1.54 bits per heavy atom. The van der Waals surface area contributed by atoms with Gasteiger partial charge >= 0.3 is 0 Å². The Bertz CT molecular complexity index is 254. The van der Waals surface area contributed by atoms with E-state index in [0.717, 1.165) is 6.42 Å². The lowest BCUT2D eigenvalue weighted by atomic mass is 9.97. The highest BCUT2D eigenvalue weighted by Crippen LogP contribution is 2.19. The maximum absolute atomic E-state index is 4.17. The zero-order valence-corrected chi connectivity index (χ0v) is 8.91. The third kappa shape index (κ3) is 2.84. The smallest absolute Gasteiger partial charge is 0.0524 e. The highest BCUT2D eigenvalue weighted by Gasteiger charge is 2.10. The molecule has 74 valence electrons. The first-order valence-corrected chi connectivity index (χ1v) is 4.79. The molecule has 0 saturated heterocycles. The molecule has 0 bridgehead atoms. The minimum absolute atomic E-state index is 0.565. The molecule has 0 radical (unpaired) electrons. The highest BCUT2D eigenvalue weighted by molar-refractivity contribution is 5.10. The van der Waals surface area contributed by atoms with Crippen molar-refractivity contribution in [2.45, 2.75) is 32.2 Å². The summed E-state index contributed by atoms with van der Waals surface area (Å²) in [6.07, 6.45) is 5.20. The van der Waals surface area contributed by atoms with Crippen LogP contribution >= 0.6 is 0 Å². The molecule has 1 aromatic heterocycles. The summed E-state index contributed by atoms with van der Waals surface area (Å²) in [5.41, 5.74) is 1.32. The van der Waals surface area contributed by atoms with Gasteiger partial charge in [0.2, 0.25) is 0 Å². The summed E-state index contributed by atoms with van der Waals surface area (Å²) in [6.45, 7) is 4.44. The lowest BCUT2D eigenvalue weighted by Gasteiger charge is -2.14. The van der Waals surface area contributed by atoms with E-state index in [-0.39, 0.29) is 0 Å². The van der Waals surface area contributed by atoms with Crippen LogP contribution in [0.2, 0.25) is 0 Å². The molecule has 0 aliphatic carbocycles. The van der Waals surface area contributed by atoms with Crippen molar-refractivity contribution >= 4 is 0 Å². The molecule has 1 heterocycles. The van der Waals surface area contributed by atoms with Crippen molar-refractivity contribution in [3.8, 4) is 0 Å². The second kappa shape index (κ2) is 4.42. The predicted octanol–water partition coefficient (Wildman–Crippen LogP) is 1.52. The van der Waals surface area contributed by atoms with Crippen molar-refractivity contribution in [2.24, 2.45) is 7.05 Å². The maximum atomic E-state index is 4.17. The molecule has 3 heteroatoms. The Labute approximate surface area is 80.1 Å². The largest absolute Gasteiger partial charge is 0.317 e. The fourth-order valence-electron chi connectivity index (χ4n) is 1.48. The van der Waals surface area contributed by atoms with Gasteiger partial charge in [-0.05, 0) is 31.9 Å². The van der Waals surface area contributed by atoms with E-state index in [2.05, 4.69) is 30.5 Å². The van der Waals surface area contributed by atoms with E-state index in [4.69, 9.17) is 0 Å². The first-order chi connectivity index (χ1) is 6.13. The Balaban J connectivity index is 2.53. The summed E-state index contributed by atoms with van der Waals surface area (Å²) in [5.74, 6) is 0.580. The average molecular weight is 181 g/mol. The van der Waals surface area contributed by atoms with Gasteiger partial charge in [-0.2, -0.15) is 5.10 Å². The van der Waals surface area contributed by atoms with Crippen LogP contribution in [0.1, 0.15) is 31.7 Å². The third-order valence-electron chi connectivity index (χ3n) is 2.49. The maximum Gasteiger partial charge on any atom is 0.0524 e. The van der Waals surface area contributed by atoms with Crippen LogP contribution in [0.3, 0.4) is 0 Å². The van der Waals surface area contributed by atoms with Crippen LogP contribution in [0.5, 0.6) is 0 Å². The highest BCUT2D eigenvalue weighted by atomic mass is 15.2. The fourth-order valence-corrected chi connectivity index (χ4v) is 1.48. The Kier molecular flexibility index (Phi) is 3.48. The SMILES string of the molecule is CNC(C)CC(C)c1cnn(C)c1. The van der Waals surface area contributed by atoms with Gasteiger partial charge in [0.1, 0.15) is 0 Å². The van der Waals surface area contributed by atoms with Crippen LogP contribution in [0, 0.1) is 0 Å². The summed E-state index contributed by atoms with van der Waals surface area (Å²) >= 11 is 0. The molecule has 0 aromatic carbocycles. The van der Waals surface area contributed by atoms with Crippen molar-refractivity contribution in [1.82, 2.24) is 15.1 Å². The van der Waals surface area contributed by atoms with Gasteiger partial charge in [0.15, 0.2) is 0 Å². The van der Waals surface area contributed by atoms with E-state index in [1.807, 2.05) is 25.0 Å². The zero-order valence-electron chi connectivity index (χ0n) is 8.91. The number of rotatable bonds is 4. The predicted molar refractivity (Wildman–Crippen MR) is 54.8 cm³/mol. The number of nitrogens with zero attached hydrogens (tertiary/aromatic N) is 2. The summed E-state index contributed by atoms with van der Waals surface area (Å²) in [5, 5.41) is 7.41. The lowest BCUT2D eigenvalue weighted by Crippen LogP contribution is -2.22. The van der Waals surface area contributed by atoms with E-state index in [1.54, 1.807) is 0 Å². The molecule has 1 rings (SSSR count). The van der Waals surface area contributed by atoms with Crippen LogP contribution < -0.4 is 5.32 Å². The lowest BCUT2D eigenvalue weighted by molar-refractivity contribution is 0.516. The zero-order chi connectivity index (χ0) is 9.84. The molecule has 0 spiro atoms. The van der Waals surface area contributed by atoms with Crippen molar-refractivity contribution in [2.75, 3.05) is 7.05 Å². The number of aryl methyl sites for hydroxylation is 1. The molecular formula is C10H19N3. The molecule has 1 N–H and O–H groups in total.